The van der Waals surface area contributed by atoms with Crippen molar-refractivity contribution in [3.8, 4) is 5.75 Å². The highest BCUT2D eigenvalue weighted by molar-refractivity contribution is 9.10. The van der Waals surface area contributed by atoms with E-state index in [2.05, 4.69) is 26.0 Å². The lowest BCUT2D eigenvalue weighted by atomic mass is 10.1. The van der Waals surface area contributed by atoms with E-state index in [-0.39, 0.29) is 10.0 Å². The van der Waals surface area contributed by atoms with Crippen molar-refractivity contribution >= 4 is 27.9 Å². The molecular weight excluding hydrogens is 333 g/mol. The summed E-state index contributed by atoms with van der Waals surface area (Å²) in [5.74, 6) is -1.12. The van der Waals surface area contributed by atoms with E-state index in [9.17, 15) is 22.8 Å². The molecule has 1 atom stereocenters. The Balaban J connectivity index is 2.31. The predicted molar refractivity (Wildman–Crippen MR) is 60.2 cm³/mol. The normalized spacial score (nSPS) is 19.1. The van der Waals surface area contributed by atoms with Crippen molar-refractivity contribution in [1.29, 1.82) is 0 Å². The van der Waals surface area contributed by atoms with Crippen LogP contribution in [0.2, 0.25) is 0 Å². The van der Waals surface area contributed by atoms with Gasteiger partial charge in [-0.05, 0) is 23.8 Å². The van der Waals surface area contributed by atoms with E-state index < -0.39 is 30.1 Å². The van der Waals surface area contributed by atoms with Crippen LogP contribution in [0, 0.1) is 0 Å². The highest BCUT2D eigenvalue weighted by atomic mass is 79.9. The first-order valence-electron chi connectivity index (χ1n) is 4.92. The van der Waals surface area contributed by atoms with Gasteiger partial charge >= 0.3 is 12.4 Å². The number of hydrogen-bond donors (Lipinski definition) is 2. The fraction of sp³-hybridized carbons (Fsp3) is 0.200. The van der Waals surface area contributed by atoms with E-state index in [0.717, 1.165) is 12.1 Å². The van der Waals surface area contributed by atoms with Gasteiger partial charge in [-0.3, -0.25) is 10.1 Å². The van der Waals surface area contributed by atoms with Crippen LogP contribution in [-0.2, 0) is 4.79 Å². The molecule has 0 aromatic heterocycles. The maximum absolute atomic E-state index is 12.1. The number of ether oxygens (including phenoxy) is 1. The summed E-state index contributed by atoms with van der Waals surface area (Å²) in [6, 6.07) is 1.81. The van der Waals surface area contributed by atoms with Gasteiger partial charge in [0.05, 0.1) is 0 Å². The second-order valence-electron chi connectivity index (χ2n) is 3.66. The maximum atomic E-state index is 12.1. The molecule has 0 radical (unpaired) electrons. The van der Waals surface area contributed by atoms with Crippen LogP contribution >= 0.6 is 15.9 Å². The second kappa shape index (κ2) is 4.72. The molecule has 2 rings (SSSR count). The van der Waals surface area contributed by atoms with Gasteiger partial charge in [-0.1, -0.05) is 15.9 Å². The highest BCUT2D eigenvalue weighted by Crippen LogP contribution is 2.30. The van der Waals surface area contributed by atoms with Gasteiger partial charge in [0.25, 0.3) is 5.91 Å². The van der Waals surface area contributed by atoms with E-state index in [1.807, 2.05) is 5.32 Å². The first-order chi connectivity index (χ1) is 8.74. The van der Waals surface area contributed by atoms with Gasteiger partial charge in [0, 0.05) is 4.47 Å². The minimum atomic E-state index is -4.83. The molecule has 1 aliphatic rings. The molecule has 0 spiro atoms. The SMILES string of the molecule is O=C1NC(=O)C(c2cc(Br)cc(OC(F)(F)F)c2)N1. The van der Waals surface area contributed by atoms with Crippen molar-refractivity contribution in [2.75, 3.05) is 0 Å². The average Bonchev–Trinajstić information content (AvgIpc) is 2.54. The second-order valence-corrected chi connectivity index (χ2v) is 4.58. The average molecular weight is 339 g/mol. The molecule has 5 nitrogen and oxygen atoms in total. The quantitative estimate of drug-likeness (QED) is 0.812. The smallest absolute Gasteiger partial charge is 0.406 e. The lowest BCUT2D eigenvalue weighted by molar-refractivity contribution is -0.274. The van der Waals surface area contributed by atoms with Crippen molar-refractivity contribution in [2.45, 2.75) is 12.4 Å². The summed E-state index contributed by atoms with van der Waals surface area (Å²) in [4.78, 5) is 22.4. The van der Waals surface area contributed by atoms with E-state index in [0.29, 0.717) is 0 Å². The zero-order valence-corrected chi connectivity index (χ0v) is 10.6. The number of halogens is 4. The molecule has 102 valence electrons. The van der Waals surface area contributed by atoms with Crippen LogP contribution in [0.3, 0.4) is 0 Å². The molecule has 1 fully saturated rings. The van der Waals surface area contributed by atoms with Gasteiger partial charge < -0.3 is 10.1 Å². The van der Waals surface area contributed by atoms with Gasteiger partial charge in [-0.2, -0.15) is 0 Å². The van der Waals surface area contributed by atoms with Gasteiger partial charge in [-0.15, -0.1) is 13.2 Å². The number of rotatable bonds is 2. The molecule has 1 aromatic carbocycles. The third-order valence-electron chi connectivity index (χ3n) is 2.23. The summed E-state index contributed by atoms with van der Waals surface area (Å²) in [7, 11) is 0. The van der Waals surface area contributed by atoms with Gasteiger partial charge in [-0.25, -0.2) is 4.79 Å². The lowest BCUT2D eigenvalue weighted by Gasteiger charge is -2.13. The summed E-state index contributed by atoms with van der Waals surface area (Å²) < 4.78 is 40.5. The molecule has 2 N–H and O–H groups in total. The van der Waals surface area contributed by atoms with Crippen molar-refractivity contribution in [2.24, 2.45) is 0 Å². The van der Waals surface area contributed by atoms with Crippen LogP contribution in [-0.4, -0.2) is 18.3 Å². The molecule has 0 saturated carbocycles. The topological polar surface area (TPSA) is 67.4 Å². The Hall–Kier alpha value is -1.77. The minimum absolute atomic E-state index is 0.178. The highest BCUT2D eigenvalue weighted by Gasteiger charge is 2.34. The van der Waals surface area contributed by atoms with Crippen LogP contribution in [0.1, 0.15) is 11.6 Å². The minimum Gasteiger partial charge on any atom is -0.406 e. The van der Waals surface area contributed by atoms with Crippen molar-refractivity contribution in [1.82, 2.24) is 10.6 Å². The summed E-state index contributed by atoms with van der Waals surface area (Å²) in [5.41, 5.74) is 0.178. The van der Waals surface area contributed by atoms with Crippen molar-refractivity contribution in [3.63, 3.8) is 0 Å². The van der Waals surface area contributed by atoms with E-state index in [4.69, 9.17) is 0 Å². The number of hydrogen-bond acceptors (Lipinski definition) is 3. The Morgan fingerprint density at radius 2 is 1.89 bits per heavy atom. The maximum Gasteiger partial charge on any atom is 0.573 e. The molecule has 1 unspecified atom stereocenters. The Kier molecular flexibility index (Phi) is 3.40. The molecule has 3 amide bonds. The number of imide groups is 1. The van der Waals surface area contributed by atoms with E-state index >= 15 is 0 Å². The van der Waals surface area contributed by atoms with Crippen molar-refractivity contribution in [3.05, 3.63) is 28.2 Å². The number of alkyl halides is 3. The van der Waals surface area contributed by atoms with Crippen LogP contribution in [0.5, 0.6) is 5.75 Å². The molecule has 19 heavy (non-hydrogen) atoms. The van der Waals surface area contributed by atoms with Gasteiger partial charge in [0.1, 0.15) is 11.8 Å². The number of amides is 3. The van der Waals surface area contributed by atoms with E-state index in [1.165, 1.54) is 6.07 Å². The Labute approximate surface area is 113 Å². The summed E-state index contributed by atoms with van der Waals surface area (Å²) >= 11 is 3.01. The number of carbonyl (C=O) groups is 2. The van der Waals surface area contributed by atoms with Crippen LogP contribution in [0.15, 0.2) is 22.7 Å². The zero-order valence-electron chi connectivity index (χ0n) is 9.05. The largest absolute Gasteiger partial charge is 0.573 e. The number of urea groups is 1. The molecule has 0 aliphatic carbocycles. The number of carbonyl (C=O) groups excluding carboxylic acids is 2. The standard InChI is InChI=1S/C10H6BrF3N2O3/c11-5-1-4(7-8(17)16-9(18)15-7)2-6(3-5)19-10(12,13)14/h1-3,7H,(H2,15,16,17,18). The fourth-order valence-electron chi connectivity index (χ4n) is 1.60. The fourth-order valence-corrected chi connectivity index (χ4v) is 2.09. The Morgan fingerprint density at radius 1 is 1.21 bits per heavy atom. The molecule has 1 saturated heterocycles. The molecule has 1 heterocycles. The summed E-state index contributed by atoms with van der Waals surface area (Å²) in [5, 5.41) is 4.27. The third kappa shape index (κ3) is 3.37. The molecule has 1 aliphatic heterocycles. The zero-order chi connectivity index (χ0) is 14.2. The monoisotopic (exact) mass is 338 g/mol. The lowest BCUT2D eigenvalue weighted by Crippen LogP contribution is -2.22. The van der Waals surface area contributed by atoms with Crippen LogP contribution in [0.4, 0.5) is 18.0 Å². The summed E-state index contributed by atoms with van der Waals surface area (Å²) in [6.07, 6.45) is -4.83. The van der Waals surface area contributed by atoms with Crippen LogP contribution in [0.25, 0.3) is 0 Å². The van der Waals surface area contributed by atoms with E-state index in [1.54, 1.807) is 0 Å². The first kappa shape index (κ1) is 13.7. The predicted octanol–water partition coefficient (Wildman–Crippen LogP) is 2.23. The Morgan fingerprint density at radius 3 is 2.42 bits per heavy atom. The first-order valence-corrected chi connectivity index (χ1v) is 5.71. The van der Waals surface area contributed by atoms with Gasteiger partial charge in [0.15, 0.2) is 0 Å². The molecule has 9 heteroatoms. The van der Waals surface area contributed by atoms with Gasteiger partial charge in [0.2, 0.25) is 0 Å². The molecular formula is C10H6BrF3N2O3. The van der Waals surface area contributed by atoms with Crippen molar-refractivity contribution < 1.29 is 27.5 Å². The molecule has 0 bridgehead atoms. The molecule has 1 aromatic rings. The number of nitrogens with one attached hydrogen (secondary N) is 2. The Bertz CT molecular complexity index is 547. The van der Waals surface area contributed by atoms with Crippen LogP contribution < -0.4 is 15.4 Å². The summed E-state index contributed by atoms with van der Waals surface area (Å²) in [6.45, 7) is 0. The number of benzene rings is 1. The third-order valence-corrected chi connectivity index (χ3v) is 2.69.